The minimum absolute atomic E-state index is 0.0165. The van der Waals surface area contributed by atoms with Crippen LogP contribution in [0.3, 0.4) is 0 Å². The van der Waals surface area contributed by atoms with Gasteiger partial charge in [-0.3, -0.25) is 9.59 Å². The fourth-order valence-electron chi connectivity index (χ4n) is 6.82. The van der Waals surface area contributed by atoms with E-state index in [1.165, 1.54) is 0 Å². The Morgan fingerprint density at radius 3 is 2.52 bits per heavy atom. The van der Waals surface area contributed by atoms with Crippen molar-refractivity contribution < 1.29 is 19.8 Å². The molecule has 0 amide bonds. The summed E-state index contributed by atoms with van der Waals surface area (Å²) in [5.41, 5.74) is -1.56. The van der Waals surface area contributed by atoms with Crippen LogP contribution in [0.5, 0.6) is 0 Å². The summed E-state index contributed by atoms with van der Waals surface area (Å²) in [7, 11) is 0. The Morgan fingerprint density at radius 1 is 1.04 bits per heavy atom. The molecular weight excluding hydrogens is 292 g/mol. The summed E-state index contributed by atoms with van der Waals surface area (Å²) in [5, 5.41) is 22.3. The number of rotatable bonds is 0. The van der Waals surface area contributed by atoms with Crippen LogP contribution in [0.2, 0.25) is 0 Å². The molecule has 0 aromatic carbocycles. The summed E-state index contributed by atoms with van der Waals surface area (Å²) in [4.78, 5) is 24.3. The van der Waals surface area contributed by atoms with E-state index < -0.39 is 17.1 Å². The molecule has 4 nitrogen and oxygen atoms in total. The molecule has 0 spiro atoms. The Hall–Kier alpha value is -0.740. The number of hydrogen-bond acceptors (Lipinski definition) is 4. The van der Waals surface area contributed by atoms with E-state index in [4.69, 9.17) is 0 Å². The fraction of sp³-hybridized carbons (Fsp3) is 0.895. The van der Waals surface area contributed by atoms with Crippen LogP contribution >= 0.6 is 0 Å². The predicted molar refractivity (Wildman–Crippen MR) is 84.6 cm³/mol. The second-order valence-corrected chi connectivity index (χ2v) is 9.10. The molecule has 0 heterocycles. The maximum absolute atomic E-state index is 12.4. The smallest absolute Gasteiger partial charge is 0.141 e. The molecule has 4 saturated carbocycles. The quantitative estimate of drug-likeness (QED) is 0.718. The van der Waals surface area contributed by atoms with Crippen LogP contribution in [-0.2, 0) is 9.59 Å². The molecule has 0 aliphatic heterocycles. The Bertz CT molecular complexity index is 572. The molecule has 0 unspecified atom stereocenters. The number of carbonyl (C=O) groups excluding carboxylic acids is 2. The molecule has 128 valence electrons. The second-order valence-electron chi connectivity index (χ2n) is 9.10. The van der Waals surface area contributed by atoms with Crippen molar-refractivity contribution >= 4 is 11.6 Å². The lowest BCUT2D eigenvalue weighted by atomic mass is 9.43. The zero-order valence-electron chi connectivity index (χ0n) is 14.2. The minimum Gasteiger partial charge on any atom is -0.392 e. The topological polar surface area (TPSA) is 74.6 Å². The first-order valence-electron chi connectivity index (χ1n) is 9.18. The maximum atomic E-state index is 12.4. The van der Waals surface area contributed by atoms with Gasteiger partial charge in [-0.1, -0.05) is 13.8 Å². The average Bonchev–Trinajstić information content (AvgIpc) is 2.72. The molecule has 4 aliphatic rings. The van der Waals surface area contributed by atoms with Gasteiger partial charge < -0.3 is 10.2 Å². The van der Waals surface area contributed by atoms with Crippen molar-refractivity contribution in [2.24, 2.45) is 28.6 Å². The lowest BCUT2D eigenvalue weighted by Crippen LogP contribution is -2.66. The third-order valence-corrected chi connectivity index (χ3v) is 8.37. The van der Waals surface area contributed by atoms with Crippen LogP contribution in [-0.4, -0.2) is 33.5 Å². The Balaban J connectivity index is 1.75. The van der Waals surface area contributed by atoms with Gasteiger partial charge in [-0.2, -0.15) is 0 Å². The van der Waals surface area contributed by atoms with E-state index in [1.54, 1.807) is 0 Å². The first-order valence-corrected chi connectivity index (χ1v) is 9.18. The van der Waals surface area contributed by atoms with Crippen molar-refractivity contribution in [1.29, 1.82) is 0 Å². The van der Waals surface area contributed by atoms with Crippen LogP contribution in [0.1, 0.15) is 65.2 Å². The molecule has 0 aromatic rings. The van der Waals surface area contributed by atoms with Crippen molar-refractivity contribution in [3.63, 3.8) is 0 Å². The highest BCUT2D eigenvalue weighted by molar-refractivity contribution is 5.88. The number of ketones is 2. The van der Waals surface area contributed by atoms with Crippen LogP contribution in [0.15, 0.2) is 0 Å². The van der Waals surface area contributed by atoms with Gasteiger partial charge in [0.15, 0.2) is 0 Å². The molecule has 0 aromatic heterocycles. The van der Waals surface area contributed by atoms with Crippen LogP contribution in [0.4, 0.5) is 0 Å². The lowest BCUT2D eigenvalue weighted by Gasteiger charge is -2.64. The molecule has 0 saturated heterocycles. The highest BCUT2D eigenvalue weighted by atomic mass is 16.3. The van der Waals surface area contributed by atoms with Gasteiger partial charge in [0.2, 0.25) is 0 Å². The third-order valence-electron chi connectivity index (χ3n) is 8.37. The fourth-order valence-corrected chi connectivity index (χ4v) is 6.82. The second kappa shape index (κ2) is 4.66. The lowest BCUT2D eigenvalue weighted by molar-refractivity contribution is -0.236. The first kappa shape index (κ1) is 15.8. The van der Waals surface area contributed by atoms with E-state index in [0.29, 0.717) is 31.5 Å². The van der Waals surface area contributed by atoms with Crippen LogP contribution in [0, 0.1) is 28.6 Å². The van der Waals surface area contributed by atoms with E-state index in [9.17, 15) is 19.8 Å². The van der Waals surface area contributed by atoms with E-state index in [1.807, 2.05) is 6.92 Å². The molecular formula is C19H28O4. The normalized spacial score (nSPS) is 56.0. The number of aliphatic hydroxyl groups is 2. The van der Waals surface area contributed by atoms with E-state index in [2.05, 4.69) is 6.92 Å². The summed E-state index contributed by atoms with van der Waals surface area (Å²) in [6.45, 7) is 4.15. The first-order chi connectivity index (χ1) is 10.7. The number of aliphatic hydroxyl groups excluding tert-OH is 1. The van der Waals surface area contributed by atoms with Crippen LogP contribution < -0.4 is 0 Å². The molecule has 2 N–H and O–H groups in total. The molecule has 4 fully saturated rings. The number of Topliss-reactive ketones (excluding diaryl/α,β-unsaturated/α-hetero) is 2. The van der Waals surface area contributed by atoms with E-state index >= 15 is 0 Å². The largest absolute Gasteiger partial charge is 0.392 e. The standard InChI is InChI=1S/C19H28O4/c1-17-7-8-19(23)13(16(17)14(21)10-15(17)22)4-3-11-9-12(20)5-6-18(11,19)2/h11,13-14,16,21,23H,3-10H2,1-2H3/t11-,13+,14-,16+,17-,18+,19-/m1/s1. The Kier molecular flexibility index (Phi) is 3.20. The van der Waals surface area contributed by atoms with Gasteiger partial charge in [-0.05, 0) is 43.9 Å². The monoisotopic (exact) mass is 320 g/mol. The van der Waals surface area contributed by atoms with Gasteiger partial charge in [0.1, 0.15) is 11.6 Å². The van der Waals surface area contributed by atoms with Crippen molar-refractivity contribution in [3.8, 4) is 0 Å². The summed E-state index contributed by atoms with van der Waals surface area (Å²) in [6.07, 6.45) is 4.58. The van der Waals surface area contributed by atoms with Gasteiger partial charge in [0.25, 0.3) is 0 Å². The molecule has 4 aliphatic carbocycles. The third kappa shape index (κ3) is 1.80. The average molecular weight is 320 g/mol. The molecule has 23 heavy (non-hydrogen) atoms. The highest BCUT2D eigenvalue weighted by Gasteiger charge is 2.68. The van der Waals surface area contributed by atoms with Crippen molar-refractivity contribution in [2.45, 2.75) is 76.9 Å². The van der Waals surface area contributed by atoms with Crippen LogP contribution in [0.25, 0.3) is 0 Å². The molecule has 4 rings (SSSR count). The van der Waals surface area contributed by atoms with E-state index in [-0.39, 0.29) is 35.4 Å². The highest BCUT2D eigenvalue weighted by Crippen LogP contribution is 2.66. The summed E-state index contributed by atoms with van der Waals surface area (Å²) < 4.78 is 0. The van der Waals surface area contributed by atoms with Gasteiger partial charge in [0.05, 0.1) is 11.7 Å². The minimum atomic E-state index is -0.841. The van der Waals surface area contributed by atoms with Gasteiger partial charge in [-0.15, -0.1) is 0 Å². The molecule has 7 atom stereocenters. The Morgan fingerprint density at radius 2 is 1.78 bits per heavy atom. The van der Waals surface area contributed by atoms with Gasteiger partial charge >= 0.3 is 0 Å². The zero-order valence-corrected chi connectivity index (χ0v) is 14.2. The Labute approximate surface area is 137 Å². The van der Waals surface area contributed by atoms with Crippen molar-refractivity contribution in [3.05, 3.63) is 0 Å². The number of carbonyl (C=O) groups is 2. The molecule has 4 heteroatoms. The van der Waals surface area contributed by atoms with E-state index in [0.717, 1.165) is 19.3 Å². The summed E-state index contributed by atoms with van der Waals surface area (Å²) >= 11 is 0. The zero-order chi connectivity index (χ0) is 16.6. The molecule has 0 bridgehead atoms. The SMILES string of the molecule is C[C@]12CCC(=O)C[C@H]1CC[C@H]1[C@H]3[C@H](O)CC(=O)[C@@]3(C)CC[C@@]12O. The van der Waals surface area contributed by atoms with Crippen molar-refractivity contribution in [2.75, 3.05) is 0 Å². The summed E-state index contributed by atoms with van der Waals surface area (Å²) in [6, 6.07) is 0. The van der Waals surface area contributed by atoms with Crippen molar-refractivity contribution in [1.82, 2.24) is 0 Å². The maximum Gasteiger partial charge on any atom is 0.141 e. The van der Waals surface area contributed by atoms with Gasteiger partial charge in [-0.25, -0.2) is 0 Å². The van der Waals surface area contributed by atoms with Gasteiger partial charge in [0, 0.05) is 36.0 Å². The number of hydrogen-bond donors (Lipinski definition) is 2. The summed E-state index contributed by atoms with van der Waals surface area (Å²) in [5.74, 6) is 0.610. The predicted octanol–water partition coefficient (Wildman–Crippen LogP) is 2.25. The number of fused-ring (bicyclic) bond motifs is 5. The molecule has 0 radical (unpaired) electrons.